The minimum absolute atomic E-state index is 0.0292. The zero-order valence-electron chi connectivity index (χ0n) is 16.2. The number of nitrogens with zero attached hydrogens (tertiary/aromatic N) is 4. The highest BCUT2D eigenvalue weighted by atomic mass is 16.2. The summed E-state index contributed by atoms with van der Waals surface area (Å²) in [6.45, 7) is 2.64. The topological polar surface area (TPSA) is 74.8 Å². The van der Waals surface area contributed by atoms with Crippen molar-refractivity contribution in [2.45, 2.75) is 25.8 Å². The van der Waals surface area contributed by atoms with Crippen LogP contribution in [-0.4, -0.2) is 37.3 Å². The number of hydrogen-bond acceptors (Lipinski definition) is 4. The van der Waals surface area contributed by atoms with Crippen LogP contribution >= 0.6 is 0 Å². The Morgan fingerprint density at radius 2 is 1.97 bits per heavy atom. The number of nitrogens with one attached hydrogen (secondary N) is 1. The van der Waals surface area contributed by atoms with Gasteiger partial charge >= 0.3 is 0 Å². The van der Waals surface area contributed by atoms with Crippen LogP contribution in [0.5, 0.6) is 0 Å². The summed E-state index contributed by atoms with van der Waals surface area (Å²) in [6, 6.07) is 17.5. The number of rotatable bonds is 3. The van der Waals surface area contributed by atoms with Crippen LogP contribution in [0, 0.1) is 6.92 Å². The van der Waals surface area contributed by atoms with Gasteiger partial charge in [0.05, 0.1) is 22.8 Å². The number of aryl methyl sites for hydroxylation is 1. The van der Waals surface area contributed by atoms with Crippen LogP contribution in [0.25, 0.3) is 22.4 Å². The molecule has 1 saturated heterocycles. The third-order valence-electron chi connectivity index (χ3n) is 5.41. The van der Waals surface area contributed by atoms with Gasteiger partial charge in [-0.15, -0.1) is 0 Å². The van der Waals surface area contributed by atoms with Gasteiger partial charge in [-0.05, 0) is 44.0 Å². The summed E-state index contributed by atoms with van der Waals surface area (Å²) in [7, 11) is 0. The summed E-state index contributed by atoms with van der Waals surface area (Å²) < 4.78 is 0. The van der Waals surface area contributed by atoms with E-state index in [0.29, 0.717) is 11.4 Å². The fourth-order valence-electron chi connectivity index (χ4n) is 4.04. The van der Waals surface area contributed by atoms with E-state index in [-0.39, 0.29) is 11.9 Å². The fourth-order valence-corrected chi connectivity index (χ4v) is 4.04. The van der Waals surface area contributed by atoms with E-state index in [1.165, 1.54) is 0 Å². The maximum atomic E-state index is 13.3. The molecule has 1 N–H and O–H groups in total. The summed E-state index contributed by atoms with van der Waals surface area (Å²) >= 11 is 0. The first-order chi connectivity index (χ1) is 14.2. The minimum Gasteiger partial charge on any atom is -0.342 e. The summed E-state index contributed by atoms with van der Waals surface area (Å²) in [5.74, 6) is 1.57. The quantitative estimate of drug-likeness (QED) is 0.572. The normalized spacial score (nSPS) is 16.4. The number of benzene rings is 2. The third-order valence-corrected chi connectivity index (χ3v) is 5.41. The smallest absolute Gasteiger partial charge is 0.254 e. The maximum Gasteiger partial charge on any atom is 0.254 e. The molecule has 0 radical (unpaired) electrons. The SMILES string of the molecule is Cc1nc2ccc(C(=O)N3CCC[C@@H]3c3ccnc(-c4ccccc4)n3)cc2[nH]1. The number of likely N-dealkylation sites (tertiary alicyclic amines) is 1. The van der Waals surface area contributed by atoms with Gasteiger partial charge in [0.15, 0.2) is 5.82 Å². The molecule has 1 fully saturated rings. The summed E-state index contributed by atoms with van der Waals surface area (Å²) in [4.78, 5) is 32.0. The van der Waals surface area contributed by atoms with Crippen LogP contribution < -0.4 is 0 Å². The zero-order chi connectivity index (χ0) is 19.8. The van der Waals surface area contributed by atoms with E-state index in [1.807, 2.05) is 66.4 Å². The number of hydrogen-bond donors (Lipinski definition) is 1. The molecule has 0 unspecified atom stereocenters. The van der Waals surface area contributed by atoms with E-state index in [9.17, 15) is 4.79 Å². The van der Waals surface area contributed by atoms with Gasteiger partial charge < -0.3 is 9.88 Å². The highest BCUT2D eigenvalue weighted by molar-refractivity contribution is 5.97. The van der Waals surface area contributed by atoms with E-state index in [4.69, 9.17) is 4.98 Å². The second-order valence-electron chi connectivity index (χ2n) is 7.38. The van der Waals surface area contributed by atoms with Crippen molar-refractivity contribution >= 4 is 16.9 Å². The van der Waals surface area contributed by atoms with Crippen molar-refractivity contribution in [1.82, 2.24) is 24.8 Å². The summed E-state index contributed by atoms with van der Waals surface area (Å²) in [5.41, 5.74) is 4.30. The highest BCUT2D eigenvalue weighted by Gasteiger charge is 2.32. The molecule has 6 heteroatoms. The molecular formula is C23H21N5O. The highest BCUT2D eigenvalue weighted by Crippen LogP contribution is 2.33. The molecule has 29 heavy (non-hydrogen) atoms. The molecule has 5 rings (SSSR count). The number of aromatic nitrogens is 4. The van der Waals surface area contributed by atoms with Gasteiger partial charge in [0.25, 0.3) is 5.91 Å². The van der Waals surface area contributed by atoms with Crippen molar-refractivity contribution in [3.63, 3.8) is 0 Å². The molecule has 144 valence electrons. The van der Waals surface area contributed by atoms with Crippen molar-refractivity contribution < 1.29 is 4.79 Å². The molecule has 1 aliphatic heterocycles. The van der Waals surface area contributed by atoms with Crippen LogP contribution in [0.2, 0.25) is 0 Å². The molecule has 3 heterocycles. The van der Waals surface area contributed by atoms with Gasteiger partial charge in [-0.2, -0.15) is 0 Å². The Bertz CT molecular complexity index is 1180. The van der Waals surface area contributed by atoms with Gasteiger partial charge in [-0.1, -0.05) is 30.3 Å². The van der Waals surface area contributed by atoms with E-state index in [1.54, 1.807) is 6.20 Å². The molecule has 6 nitrogen and oxygen atoms in total. The maximum absolute atomic E-state index is 13.3. The lowest BCUT2D eigenvalue weighted by atomic mass is 10.1. The average Bonchev–Trinajstić information content (AvgIpc) is 3.39. The molecular weight excluding hydrogens is 362 g/mol. The summed E-state index contributed by atoms with van der Waals surface area (Å²) in [6.07, 6.45) is 3.65. The van der Waals surface area contributed by atoms with Gasteiger partial charge in [0.1, 0.15) is 5.82 Å². The minimum atomic E-state index is -0.0350. The fraction of sp³-hybridized carbons (Fsp3) is 0.217. The van der Waals surface area contributed by atoms with E-state index in [0.717, 1.165) is 47.5 Å². The molecule has 1 atom stereocenters. The number of imidazole rings is 1. The lowest BCUT2D eigenvalue weighted by Crippen LogP contribution is -2.31. The first kappa shape index (κ1) is 17.6. The number of H-pyrrole nitrogens is 1. The van der Waals surface area contributed by atoms with Crippen LogP contribution in [0.1, 0.15) is 40.8 Å². The monoisotopic (exact) mass is 383 g/mol. The molecule has 0 bridgehead atoms. The predicted octanol–water partition coefficient (Wildman–Crippen LogP) is 4.31. The van der Waals surface area contributed by atoms with Gasteiger partial charge in [0.2, 0.25) is 0 Å². The lowest BCUT2D eigenvalue weighted by Gasteiger charge is -2.24. The van der Waals surface area contributed by atoms with Crippen molar-refractivity contribution in [1.29, 1.82) is 0 Å². The second-order valence-corrected chi connectivity index (χ2v) is 7.38. The molecule has 0 spiro atoms. The number of amides is 1. The Balaban J connectivity index is 1.46. The van der Waals surface area contributed by atoms with Crippen LogP contribution in [0.3, 0.4) is 0 Å². The molecule has 4 aromatic rings. The first-order valence-corrected chi connectivity index (χ1v) is 9.85. The molecule has 0 saturated carbocycles. The van der Waals surface area contributed by atoms with E-state index < -0.39 is 0 Å². The van der Waals surface area contributed by atoms with Crippen molar-refractivity contribution in [2.75, 3.05) is 6.54 Å². The number of fused-ring (bicyclic) bond motifs is 1. The molecule has 2 aromatic carbocycles. The van der Waals surface area contributed by atoms with Gasteiger partial charge in [-0.25, -0.2) is 15.0 Å². The predicted molar refractivity (Wildman–Crippen MR) is 111 cm³/mol. The van der Waals surface area contributed by atoms with Gasteiger partial charge in [-0.3, -0.25) is 4.79 Å². The molecule has 0 aliphatic carbocycles. The zero-order valence-corrected chi connectivity index (χ0v) is 16.2. The molecule has 1 aliphatic rings. The first-order valence-electron chi connectivity index (χ1n) is 9.85. The Morgan fingerprint density at radius 3 is 2.83 bits per heavy atom. The Kier molecular flexibility index (Phi) is 4.31. The van der Waals surface area contributed by atoms with Crippen molar-refractivity contribution in [3.8, 4) is 11.4 Å². The average molecular weight is 383 g/mol. The summed E-state index contributed by atoms with van der Waals surface area (Å²) in [5, 5.41) is 0. The molecule has 2 aromatic heterocycles. The van der Waals surface area contributed by atoms with Crippen LogP contribution in [0.4, 0.5) is 0 Å². The Hall–Kier alpha value is -3.54. The lowest BCUT2D eigenvalue weighted by molar-refractivity contribution is 0.0733. The Labute approximate surface area is 168 Å². The number of carbonyl (C=O) groups excluding carboxylic acids is 1. The van der Waals surface area contributed by atoms with Crippen LogP contribution in [-0.2, 0) is 0 Å². The van der Waals surface area contributed by atoms with Crippen LogP contribution in [0.15, 0.2) is 60.8 Å². The second kappa shape index (κ2) is 7.13. The van der Waals surface area contributed by atoms with Gasteiger partial charge in [0, 0.05) is 23.9 Å². The molecule has 1 amide bonds. The van der Waals surface area contributed by atoms with E-state index >= 15 is 0 Å². The van der Waals surface area contributed by atoms with Crippen molar-refractivity contribution in [2.24, 2.45) is 0 Å². The number of aromatic amines is 1. The largest absolute Gasteiger partial charge is 0.342 e. The Morgan fingerprint density at radius 1 is 1.10 bits per heavy atom. The standard InChI is InChI=1S/C23H21N5O/c1-15-25-18-10-9-17(14-20(18)26-15)23(29)28-13-5-8-21(28)19-11-12-24-22(27-19)16-6-3-2-4-7-16/h2-4,6-7,9-12,14,21H,5,8,13H2,1H3,(H,25,26)/t21-/m1/s1. The third kappa shape index (κ3) is 3.27. The number of carbonyl (C=O) groups is 1. The van der Waals surface area contributed by atoms with E-state index in [2.05, 4.69) is 15.0 Å². The van der Waals surface area contributed by atoms with Crippen molar-refractivity contribution in [3.05, 3.63) is 77.9 Å².